The summed E-state index contributed by atoms with van der Waals surface area (Å²) in [6.45, 7) is 0. The number of ether oxygens (including phenoxy) is 1. The van der Waals surface area contributed by atoms with Crippen molar-refractivity contribution in [2.24, 2.45) is 0 Å². The number of rotatable bonds is 3. The van der Waals surface area contributed by atoms with Crippen LogP contribution in [0.2, 0.25) is 0 Å². The third-order valence-electron chi connectivity index (χ3n) is 6.15. The summed E-state index contributed by atoms with van der Waals surface area (Å²) in [4.78, 5) is 6.58. The van der Waals surface area contributed by atoms with Crippen LogP contribution in [0.1, 0.15) is 28.8 Å². The van der Waals surface area contributed by atoms with Crippen molar-refractivity contribution in [3.8, 4) is 5.75 Å². The second-order valence-electron chi connectivity index (χ2n) is 8.28. The lowest BCUT2D eigenvalue weighted by molar-refractivity contribution is 0.223. The largest absolute Gasteiger partial charge is 0.480 e. The van der Waals surface area contributed by atoms with Crippen molar-refractivity contribution in [1.29, 1.82) is 0 Å². The molecule has 0 amide bonds. The van der Waals surface area contributed by atoms with Crippen LogP contribution in [-0.2, 0) is 0 Å². The maximum Gasteiger partial charge on any atom is 0.226 e. The zero-order valence-electron chi connectivity index (χ0n) is 17.9. The van der Waals surface area contributed by atoms with E-state index in [1.165, 1.54) is 0 Å². The minimum atomic E-state index is -0.258. The molecule has 0 unspecified atom stereocenters. The van der Waals surface area contributed by atoms with Gasteiger partial charge in [0, 0.05) is 30.9 Å². The number of aromatic nitrogens is 3. The summed E-state index contributed by atoms with van der Waals surface area (Å²) in [7, 11) is 4.09. The minimum absolute atomic E-state index is 0.128. The monoisotopic (exact) mass is 421 g/mol. The fraction of sp³-hybridized carbons (Fsp3) is 0.154. The van der Waals surface area contributed by atoms with Crippen LogP contribution < -0.4 is 15.0 Å². The SMILES string of the molecule is CN(C)c1ccc([C@@H]2Oc3ccccc3C3=C2[C@@H](c2ccccc2)n2ncnc2N3)cc1. The molecule has 4 aromatic rings. The molecule has 6 heteroatoms. The molecule has 1 N–H and O–H groups in total. The highest BCUT2D eigenvalue weighted by atomic mass is 16.5. The zero-order valence-corrected chi connectivity index (χ0v) is 17.9. The van der Waals surface area contributed by atoms with Gasteiger partial charge in [-0.1, -0.05) is 54.6 Å². The molecule has 158 valence electrons. The second kappa shape index (κ2) is 7.27. The van der Waals surface area contributed by atoms with E-state index in [1.54, 1.807) is 6.33 Å². The van der Waals surface area contributed by atoms with Crippen molar-refractivity contribution in [2.45, 2.75) is 12.1 Å². The fourth-order valence-electron chi connectivity index (χ4n) is 4.60. The van der Waals surface area contributed by atoms with Crippen molar-refractivity contribution in [3.63, 3.8) is 0 Å². The first kappa shape index (κ1) is 18.7. The molecule has 0 bridgehead atoms. The number of hydrogen-bond donors (Lipinski definition) is 1. The Morgan fingerprint density at radius 1 is 0.875 bits per heavy atom. The molecule has 0 fully saturated rings. The van der Waals surface area contributed by atoms with Gasteiger partial charge in [-0.25, -0.2) is 4.68 Å². The highest BCUT2D eigenvalue weighted by Crippen LogP contribution is 2.50. The molecular weight excluding hydrogens is 398 g/mol. The summed E-state index contributed by atoms with van der Waals surface area (Å²) in [6.07, 6.45) is 1.34. The van der Waals surface area contributed by atoms with Crippen molar-refractivity contribution < 1.29 is 4.74 Å². The summed E-state index contributed by atoms with van der Waals surface area (Å²) in [6, 6.07) is 27.0. The van der Waals surface area contributed by atoms with Crippen LogP contribution in [0.5, 0.6) is 5.75 Å². The Kier molecular flexibility index (Phi) is 4.24. The quantitative estimate of drug-likeness (QED) is 0.510. The Hall–Kier alpha value is -4.06. The summed E-state index contributed by atoms with van der Waals surface area (Å²) in [5.74, 6) is 1.59. The third-order valence-corrected chi connectivity index (χ3v) is 6.15. The van der Waals surface area contributed by atoms with E-state index in [0.717, 1.165) is 45.3 Å². The maximum absolute atomic E-state index is 6.66. The van der Waals surface area contributed by atoms with Gasteiger partial charge < -0.3 is 15.0 Å². The second-order valence-corrected chi connectivity index (χ2v) is 8.28. The Morgan fingerprint density at radius 2 is 1.62 bits per heavy atom. The smallest absolute Gasteiger partial charge is 0.226 e. The van der Waals surface area contributed by atoms with E-state index < -0.39 is 0 Å². The van der Waals surface area contributed by atoms with Crippen LogP contribution >= 0.6 is 0 Å². The molecule has 6 rings (SSSR count). The number of nitrogens with zero attached hydrogens (tertiary/aromatic N) is 4. The number of fused-ring (bicyclic) bond motifs is 3. The molecule has 32 heavy (non-hydrogen) atoms. The van der Waals surface area contributed by atoms with Crippen molar-refractivity contribution >= 4 is 17.3 Å². The zero-order chi connectivity index (χ0) is 21.7. The van der Waals surface area contributed by atoms with Crippen molar-refractivity contribution in [2.75, 3.05) is 24.3 Å². The molecule has 2 aliphatic rings. The maximum atomic E-state index is 6.66. The molecule has 1 aromatic heterocycles. The summed E-state index contributed by atoms with van der Waals surface area (Å²) < 4.78 is 8.61. The number of benzene rings is 3. The molecule has 0 radical (unpaired) electrons. The fourth-order valence-corrected chi connectivity index (χ4v) is 4.60. The van der Waals surface area contributed by atoms with Crippen LogP contribution in [0.4, 0.5) is 11.6 Å². The Labute approximate surface area is 186 Å². The average molecular weight is 422 g/mol. The predicted octanol–water partition coefficient (Wildman–Crippen LogP) is 4.90. The Bertz CT molecular complexity index is 1310. The molecule has 0 saturated carbocycles. The molecule has 3 aromatic carbocycles. The predicted molar refractivity (Wildman–Crippen MR) is 126 cm³/mol. The van der Waals surface area contributed by atoms with E-state index in [9.17, 15) is 0 Å². The number of para-hydroxylation sites is 1. The average Bonchev–Trinajstić information content (AvgIpc) is 3.31. The molecule has 0 saturated heterocycles. The topological polar surface area (TPSA) is 55.2 Å². The minimum Gasteiger partial charge on any atom is -0.480 e. The van der Waals surface area contributed by atoms with Gasteiger partial charge in [0.2, 0.25) is 5.95 Å². The standard InChI is InChI=1S/C26H23N5O/c1-30(2)19-14-12-18(13-15-19)25-22-23(20-10-6-7-11-21(20)32-25)29-26-27-16-28-31(26)24(22)17-8-4-3-5-9-17/h3-16,24-25H,1-2H3,(H,27,28,29)/t24-,25+/m1/s1. The van der Waals surface area contributed by atoms with Gasteiger partial charge in [0.05, 0.1) is 5.70 Å². The van der Waals surface area contributed by atoms with Gasteiger partial charge in [-0.05, 0) is 35.4 Å². The molecule has 2 aliphatic heterocycles. The number of hydrogen-bond acceptors (Lipinski definition) is 5. The van der Waals surface area contributed by atoms with E-state index in [2.05, 4.69) is 74.9 Å². The normalized spacial score (nSPS) is 18.7. The van der Waals surface area contributed by atoms with Crippen LogP contribution in [0.15, 0.2) is 90.8 Å². The van der Waals surface area contributed by atoms with Gasteiger partial charge in [-0.3, -0.25) is 0 Å². The lowest BCUT2D eigenvalue weighted by Gasteiger charge is -2.39. The molecule has 0 aliphatic carbocycles. The molecule has 0 spiro atoms. The van der Waals surface area contributed by atoms with Gasteiger partial charge >= 0.3 is 0 Å². The molecule has 3 heterocycles. The van der Waals surface area contributed by atoms with Crippen LogP contribution in [0.25, 0.3) is 5.70 Å². The summed E-state index contributed by atoms with van der Waals surface area (Å²) in [5, 5.41) is 8.12. The molecule has 6 nitrogen and oxygen atoms in total. The first-order valence-electron chi connectivity index (χ1n) is 10.7. The molecule has 2 atom stereocenters. The highest BCUT2D eigenvalue weighted by molar-refractivity contribution is 5.85. The lowest BCUT2D eigenvalue weighted by Crippen LogP contribution is -2.32. The van der Waals surface area contributed by atoms with E-state index >= 15 is 0 Å². The van der Waals surface area contributed by atoms with Gasteiger partial charge in [-0.15, -0.1) is 0 Å². The first-order chi connectivity index (χ1) is 15.7. The van der Waals surface area contributed by atoms with E-state index in [-0.39, 0.29) is 12.1 Å². The number of anilines is 2. The van der Waals surface area contributed by atoms with Gasteiger partial charge in [0.15, 0.2) is 0 Å². The highest BCUT2D eigenvalue weighted by Gasteiger charge is 2.40. The van der Waals surface area contributed by atoms with Crippen LogP contribution in [-0.4, -0.2) is 28.9 Å². The third kappa shape index (κ3) is 2.87. The van der Waals surface area contributed by atoms with Gasteiger partial charge in [-0.2, -0.15) is 10.1 Å². The lowest BCUT2D eigenvalue weighted by atomic mass is 9.84. The molecular formula is C26H23N5O. The van der Waals surface area contributed by atoms with E-state index in [4.69, 9.17) is 4.74 Å². The summed E-state index contributed by atoms with van der Waals surface area (Å²) >= 11 is 0. The number of nitrogens with one attached hydrogen (secondary N) is 1. The van der Waals surface area contributed by atoms with Gasteiger partial charge in [0.1, 0.15) is 24.2 Å². The Morgan fingerprint density at radius 3 is 2.41 bits per heavy atom. The Balaban J connectivity index is 1.58. The summed E-state index contributed by atoms with van der Waals surface area (Å²) in [5.41, 5.74) is 6.61. The van der Waals surface area contributed by atoms with Gasteiger partial charge in [0.25, 0.3) is 0 Å². The van der Waals surface area contributed by atoms with E-state index in [1.807, 2.05) is 43.0 Å². The van der Waals surface area contributed by atoms with Crippen molar-refractivity contribution in [1.82, 2.24) is 14.8 Å². The van der Waals surface area contributed by atoms with Crippen LogP contribution in [0.3, 0.4) is 0 Å². The van der Waals surface area contributed by atoms with Crippen molar-refractivity contribution in [3.05, 3.63) is 107 Å². The van der Waals surface area contributed by atoms with Crippen LogP contribution in [0, 0.1) is 0 Å². The van der Waals surface area contributed by atoms with E-state index in [0.29, 0.717) is 0 Å². The first-order valence-corrected chi connectivity index (χ1v) is 10.7.